The lowest BCUT2D eigenvalue weighted by Crippen LogP contribution is -2.02. The topological polar surface area (TPSA) is 42.7 Å². The number of nitrogens with one attached hydrogen (secondary N) is 1. The van der Waals surface area contributed by atoms with Crippen LogP contribution in [-0.2, 0) is 13.1 Å². The molecule has 3 rings (SSSR count). The van der Waals surface area contributed by atoms with Crippen molar-refractivity contribution in [1.29, 1.82) is 0 Å². The van der Waals surface area contributed by atoms with Crippen molar-refractivity contribution < 1.29 is 0 Å². The van der Waals surface area contributed by atoms with Crippen LogP contribution in [0.5, 0.6) is 0 Å². The second kappa shape index (κ2) is 6.22. The van der Waals surface area contributed by atoms with Crippen LogP contribution in [-0.4, -0.2) is 14.8 Å². The minimum absolute atomic E-state index is 0.751. The number of hydrogen-bond donors (Lipinski definition) is 1. The first-order chi connectivity index (χ1) is 10.3. The van der Waals surface area contributed by atoms with Crippen LogP contribution in [0.25, 0.3) is 0 Å². The summed E-state index contributed by atoms with van der Waals surface area (Å²) in [5, 5.41) is 7.80. The molecule has 0 unspecified atom stereocenters. The lowest BCUT2D eigenvalue weighted by Gasteiger charge is -2.06. The van der Waals surface area contributed by atoms with Crippen LogP contribution < -0.4 is 5.32 Å². The molecule has 0 aliphatic carbocycles. The van der Waals surface area contributed by atoms with Gasteiger partial charge in [-0.1, -0.05) is 30.3 Å². The number of rotatable bonds is 5. The zero-order valence-electron chi connectivity index (χ0n) is 12.0. The highest BCUT2D eigenvalue weighted by Crippen LogP contribution is 2.12. The monoisotopic (exact) mass is 278 g/mol. The van der Waals surface area contributed by atoms with Crippen molar-refractivity contribution in [1.82, 2.24) is 14.8 Å². The molecule has 0 bridgehead atoms. The summed E-state index contributed by atoms with van der Waals surface area (Å²) in [5.74, 6) is 0. The van der Waals surface area contributed by atoms with Crippen molar-refractivity contribution in [2.45, 2.75) is 20.0 Å². The van der Waals surface area contributed by atoms with Crippen molar-refractivity contribution >= 4 is 5.69 Å². The van der Waals surface area contributed by atoms with E-state index in [0.29, 0.717) is 0 Å². The van der Waals surface area contributed by atoms with E-state index in [1.807, 2.05) is 48.1 Å². The first-order valence-corrected chi connectivity index (χ1v) is 7.02. The highest BCUT2D eigenvalue weighted by molar-refractivity contribution is 5.46. The molecule has 0 aliphatic rings. The van der Waals surface area contributed by atoms with E-state index < -0.39 is 0 Å². The molecule has 0 spiro atoms. The molecule has 0 amide bonds. The normalized spacial score (nSPS) is 10.5. The molecule has 4 heteroatoms. The summed E-state index contributed by atoms with van der Waals surface area (Å²) < 4.78 is 1.96. The number of aryl methyl sites for hydroxylation is 1. The van der Waals surface area contributed by atoms with E-state index in [2.05, 4.69) is 33.7 Å². The van der Waals surface area contributed by atoms with Crippen LogP contribution in [0.3, 0.4) is 0 Å². The van der Waals surface area contributed by atoms with Crippen LogP contribution >= 0.6 is 0 Å². The molecule has 0 saturated heterocycles. The van der Waals surface area contributed by atoms with Crippen molar-refractivity contribution in [2.24, 2.45) is 0 Å². The molecule has 0 radical (unpaired) electrons. The molecule has 21 heavy (non-hydrogen) atoms. The van der Waals surface area contributed by atoms with Gasteiger partial charge in [-0.25, -0.2) is 0 Å². The van der Waals surface area contributed by atoms with E-state index >= 15 is 0 Å². The summed E-state index contributed by atoms with van der Waals surface area (Å²) in [6.45, 7) is 3.55. The van der Waals surface area contributed by atoms with Crippen LogP contribution in [0.4, 0.5) is 5.69 Å². The summed E-state index contributed by atoms with van der Waals surface area (Å²) >= 11 is 0. The van der Waals surface area contributed by atoms with Crippen molar-refractivity contribution in [3.05, 3.63) is 77.9 Å². The summed E-state index contributed by atoms with van der Waals surface area (Å²) in [5.41, 5.74) is 4.49. The maximum absolute atomic E-state index is 4.41. The molecule has 2 aromatic heterocycles. The van der Waals surface area contributed by atoms with Gasteiger partial charge >= 0.3 is 0 Å². The Labute approximate surface area is 124 Å². The van der Waals surface area contributed by atoms with Gasteiger partial charge in [-0.2, -0.15) is 5.10 Å². The molecule has 3 aromatic rings. The third-order valence-corrected chi connectivity index (χ3v) is 3.36. The number of nitrogens with zero attached hydrogens (tertiary/aromatic N) is 3. The van der Waals surface area contributed by atoms with E-state index in [-0.39, 0.29) is 0 Å². The third kappa shape index (κ3) is 3.48. The zero-order chi connectivity index (χ0) is 14.5. The first-order valence-electron chi connectivity index (χ1n) is 7.02. The van der Waals surface area contributed by atoms with Crippen LogP contribution in [0.15, 0.2) is 61.1 Å². The second-order valence-corrected chi connectivity index (χ2v) is 5.02. The first kappa shape index (κ1) is 13.4. The number of benzene rings is 1. The van der Waals surface area contributed by atoms with E-state index in [0.717, 1.165) is 30.0 Å². The maximum Gasteiger partial charge on any atom is 0.0659 e. The average Bonchev–Trinajstić information content (AvgIpc) is 2.95. The molecular weight excluding hydrogens is 260 g/mol. The van der Waals surface area contributed by atoms with Gasteiger partial charge in [0.25, 0.3) is 0 Å². The van der Waals surface area contributed by atoms with Crippen molar-refractivity contribution in [3.8, 4) is 0 Å². The van der Waals surface area contributed by atoms with Gasteiger partial charge in [0.2, 0.25) is 0 Å². The van der Waals surface area contributed by atoms with Gasteiger partial charge < -0.3 is 5.32 Å². The fraction of sp³-hybridized carbons (Fsp3) is 0.176. The molecule has 0 atom stereocenters. The minimum Gasteiger partial charge on any atom is -0.379 e. The van der Waals surface area contributed by atoms with Crippen LogP contribution in [0.2, 0.25) is 0 Å². The average molecular weight is 278 g/mol. The number of hydrogen-bond acceptors (Lipinski definition) is 3. The Kier molecular flexibility index (Phi) is 3.96. The fourth-order valence-electron chi connectivity index (χ4n) is 2.22. The molecule has 106 valence electrons. The predicted octanol–water partition coefficient (Wildman–Crippen LogP) is 3.25. The minimum atomic E-state index is 0.751. The molecule has 1 aromatic carbocycles. The number of anilines is 1. The molecule has 1 N–H and O–H groups in total. The molecule has 4 nitrogen and oxygen atoms in total. The summed E-state index contributed by atoms with van der Waals surface area (Å²) in [4.78, 5) is 4.27. The third-order valence-electron chi connectivity index (χ3n) is 3.36. The zero-order valence-corrected chi connectivity index (χ0v) is 12.0. The van der Waals surface area contributed by atoms with E-state index in [1.54, 1.807) is 6.20 Å². The predicted molar refractivity (Wildman–Crippen MR) is 84.1 cm³/mol. The maximum atomic E-state index is 4.41. The molecule has 0 aliphatic heterocycles. The Balaban J connectivity index is 1.62. The van der Waals surface area contributed by atoms with Crippen molar-refractivity contribution in [2.75, 3.05) is 5.32 Å². The van der Waals surface area contributed by atoms with Gasteiger partial charge in [0, 0.05) is 24.5 Å². The number of aromatic nitrogens is 3. The van der Waals surface area contributed by atoms with E-state index in [4.69, 9.17) is 0 Å². The lowest BCUT2D eigenvalue weighted by atomic mass is 10.2. The Morgan fingerprint density at radius 2 is 1.90 bits per heavy atom. The largest absolute Gasteiger partial charge is 0.379 e. The number of pyridine rings is 1. The van der Waals surface area contributed by atoms with Crippen LogP contribution in [0.1, 0.15) is 16.8 Å². The van der Waals surface area contributed by atoms with Gasteiger partial charge in [-0.15, -0.1) is 0 Å². The Morgan fingerprint density at radius 1 is 1.05 bits per heavy atom. The Morgan fingerprint density at radius 3 is 2.71 bits per heavy atom. The molecule has 0 saturated carbocycles. The van der Waals surface area contributed by atoms with Gasteiger partial charge in [0.1, 0.15) is 0 Å². The highest BCUT2D eigenvalue weighted by Gasteiger charge is 2.01. The molecule has 2 heterocycles. The Bertz CT molecular complexity index is 704. The molecule has 0 fully saturated rings. The van der Waals surface area contributed by atoms with Gasteiger partial charge in [0.15, 0.2) is 0 Å². The van der Waals surface area contributed by atoms with E-state index in [9.17, 15) is 0 Å². The van der Waals surface area contributed by atoms with Gasteiger partial charge in [-0.05, 0) is 24.6 Å². The summed E-state index contributed by atoms with van der Waals surface area (Å²) in [6.07, 6.45) is 5.78. The van der Waals surface area contributed by atoms with Gasteiger partial charge in [0.05, 0.1) is 24.1 Å². The fourth-order valence-corrected chi connectivity index (χ4v) is 2.22. The second-order valence-electron chi connectivity index (χ2n) is 5.02. The molecular formula is C17H18N4. The summed E-state index contributed by atoms with van der Waals surface area (Å²) in [7, 11) is 0. The quantitative estimate of drug-likeness (QED) is 0.779. The van der Waals surface area contributed by atoms with Crippen LogP contribution in [0, 0.1) is 6.92 Å². The Hall–Kier alpha value is -2.62. The van der Waals surface area contributed by atoms with Gasteiger partial charge in [-0.3, -0.25) is 9.67 Å². The standard InChI is InChI=1S/C17H18N4/c1-14-17(8-5-9-18-14)19-10-16-11-20-21(13-16)12-15-6-3-2-4-7-15/h2-9,11,13,19H,10,12H2,1H3. The highest BCUT2D eigenvalue weighted by atomic mass is 15.3. The SMILES string of the molecule is Cc1ncccc1NCc1cnn(Cc2ccccc2)c1. The lowest BCUT2D eigenvalue weighted by molar-refractivity contribution is 0.686. The van der Waals surface area contributed by atoms with Crippen molar-refractivity contribution in [3.63, 3.8) is 0 Å². The smallest absolute Gasteiger partial charge is 0.0659 e. The van der Waals surface area contributed by atoms with E-state index in [1.165, 1.54) is 5.56 Å². The summed E-state index contributed by atoms with van der Waals surface area (Å²) in [6, 6.07) is 14.3.